The van der Waals surface area contributed by atoms with E-state index in [0.717, 1.165) is 25.8 Å². The third-order valence-corrected chi connectivity index (χ3v) is 1.98. The molecule has 0 radical (unpaired) electrons. The highest BCUT2D eigenvalue weighted by Crippen LogP contribution is 2.02. The fraction of sp³-hybridized carbons (Fsp3) is 0.900. The van der Waals surface area contributed by atoms with Crippen molar-refractivity contribution in [3.63, 3.8) is 0 Å². The second-order valence-electron chi connectivity index (χ2n) is 3.21. The van der Waals surface area contributed by atoms with Crippen LogP contribution < -0.4 is 5.32 Å². The van der Waals surface area contributed by atoms with Gasteiger partial charge in [-0.15, -0.1) is 0 Å². The Morgan fingerprint density at radius 1 is 1.38 bits per heavy atom. The van der Waals surface area contributed by atoms with Gasteiger partial charge < -0.3 is 10.4 Å². The normalized spacial score (nSPS) is 12.4. The number of hydrogen-bond donors (Lipinski definition) is 2. The summed E-state index contributed by atoms with van der Waals surface area (Å²) in [6.45, 7) is 3.08. The van der Waals surface area contributed by atoms with Gasteiger partial charge in [0.2, 0.25) is 0 Å². The van der Waals surface area contributed by atoms with E-state index in [-0.39, 0.29) is 12.6 Å². The van der Waals surface area contributed by atoms with Crippen LogP contribution in [-0.4, -0.2) is 24.3 Å². The van der Waals surface area contributed by atoms with Crippen molar-refractivity contribution in [2.45, 2.75) is 45.1 Å². The zero-order valence-corrected chi connectivity index (χ0v) is 8.42. The maximum absolute atomic E-state index is 8.75. The SMILES string of the molecule is CCCCCC(C#N)NCCCO. The summed E-state index contributed by atoms with van der Waals surface area (Å²) in [5.74, 6) is 0. The van der Waals surface area contributed by atoms with Gasteiger partial charge in [-0.3, -0.25) is 0 Å². The average Bonchev–Trinajstić information content (AvgIpc) is 2.16. The van der Waals surface area contributed by atoms with Crippen LogP contribution in [0.2, 0.25) is 0 Å². The molecule has 0 fully saturated rings. The smallest absolute Gasteiger partial charge is 0.0953 e. The first-order valence-electron chi connectivity index (χ1n) is 5.09. The Labute approximate surface area is 80.8 Å². The molecule has 0 saturated carbocycles. The molecule has 0 aliphatic heterocycles. The molecule has 2 N–H and O–H groups in total. The Morgan fingerprint density at radius 3 is 2.69 bits per heavy atom. The van der Waals surface area contributed by atoms with Crippen molar-refractivity contribution in [2.75, 3.05) is 13.2 Å². The van der Waals surface area contributed by atoms with Crippen LogP contribution in [0, 0.1) is 11.3 Å². The lowest BCUT2D eigenvalue weighted by Crippen LogP contribution is -2.28. The molecule has 1 unspecified atom stereocenters. The van der Waals surface area contributed by atoms with E-state index >= 15 is 0 Å². The summed E-state index contributed by atoms with van der Waals surface area (Å²) < 4.78 is 0. The number of aliphatic hydroxyl groups excluding tert-OH is 1. The van der Waals surface area contributed by atoms with Crippen LogP contribution in [-0.2, 0) is 0 Å². The van der Waals surface area contributed by atoms with Crippen molar-refractivity contribution < 1.29 is 5.11 Å². The van der Waals surface area contributed by atoms with Crippen molar-refractivity contribution in [3.8, 4) is 6.07 Å². The number of rotatable bonds is 8. The summed E-state index contributed by atoms with van der Waals surface area (Å²) in [5.41, 5.74) is 0. The van der Waals surface area contributed by atoms with E-state index in [1.54, 1.807) is 0 Å². The quantitative estimate of drug-likeness (QED) is 0.561. The number of hydrogen-bond acceptors (Lipinski definition) is 3. The molecule has 0 aliphatic carbocycles. The number of unbranched alkanes of at least 4 members (excludes halogenated alkanes) is 2. The largest absolute Gasteiger partial charge is 0.396 e. The van der Waals surface area contributed by atoms with Crippen LogP contribution in [0.5, 0.6) is 0 Å². The van der Waals surface area contributed by atoms with E-state index in [9.17, 15) is 0 Å². The van der Waals surface area contributed by atoms with E-state index < -0.39 is 0 Å². The molecule has 3 heteroatoms. The molecule has 0 amide bonds. The highest BCUT2D eigenvalue weighted by atomic mass is 16.3. The van der Waals surface area contributed by atoms with Crippen LogP contribution in [0.15, 0.2) is 0 Å². The molecule has 76 valence electrons. The maximum Gasteiger partial charge on any atom is 0.0953 e. The van der Waals surface area contributed by atoms with Gasteiger partial charge in [-0.1, -0.05) is 26.2 Å². The predicted molar refractivity (Wildman–Crippen MR) is 53.2 cm³/mol. The molecule has 0 bridgehead atoms. The molecule has 0 aliphatic rings. The molecule has 13 heavy (non-hydrogen) atoms. The van der Waals surface area contributed by atoms with Gasteiger partial charge >= 0.3 is 0 Å². The van der Waals surface area contributed by atoms with E-state index in [1.807, 2.05) is 0 Å². The molecular weight excluding hydrogens is 164 g/mol. The molecule has 3 nitrogen and oxygen atoms in total. The monoisotopic (exact) mass is 184 g/mol. The second kappa shape index (κ2) is 9.50. The number of nitrogens with one attached hydrogen (secondary N) is 1. The summed E-state index contributed by atoms with van der Waals surface area (Å²) in [6, 6.07) is 2.20. The van der Waals surface area contributed by atoms with Gasteiger partial charge in [-0.05, 0) is 19.4 Å². The van der Waals surface area contributed by atoms with E-state index in [1.165, 1.54) is 12.8 Å². The molecule has 0 rings (SSSR count). The highest BCUT2D eigenvalue weighted by molar-refractivity contribution is 4.89. The van der Waals surface area contributed by atoms with Gasteiger partial charge in [0.25, 0.3) is 0 Å². The lowest BCUT2D eigenvalue weighted by molar-refractivity contribution is 0.284. The first kappa shape index (κ1) is 12.4. The first-order chi connectivity index (χ1) is 6.35. The minimum absolute atomic E-state index is 0.0295. The van der Waals surface area contributed by atoms with Gasteiger partial charge in [-0.25, -0.2) is 0 Å². The minimum atomic E-state index is -0.0295. The summed E-state index contributed by atoms with van der Waals surface area (Å²) in [5, 5.41) is 20.4. The Hall–Kier alpha value is -0.590. The molecule has 0 saturated heterocycles. The first-order valence-corrected chi connectivity index (χ1v) is 5.09. The fourth-order valence-electron chi connectivity index (χ4n) is 1.17. The van der Waals surface area contributed by atoms with Gasteiger partial charge in [0.1, 0.15) is 0 Å². The maximum atomic E-state index is 8.75. The molecule has 0 heterocycles. The van der Waals surface area contributed by atoms with Crippen molar-refractivity contribution in [3.05, 3.63) is 0 Å². The third-order valence-electron chi connectivity index (χ3n) is 1.98. The Balaban J connectivity index is 3.36. The third kappa shape index (κ3) is 7.76. The van der Waals surface area contributed by atoms with Crippen molar-refractivity contribution in [1.29, 1.82) is 5.26 Å². The number of nitrogens with zero attached hydrogens (tertiary/aromatic N) is 1. The molecule has 0 aromatic rings. The van der Waals surface area contributed by atoms with Gasteiger partial charge in [0.15, 0.2) is 0 Å². The summed E-state index contributed by atoms with van der Waals surface area (Å²) in [4.78, 5) is 0. The Bertz CT molecular complexity index is 132. The topological polar surface area (TPSA) is 56.0 Å². The average molecular weight is 184 g/mol. The highest BCUT2D eigenvalue weighted by Gasteiger charge is 2.04. The number of aliphatic hydroxyl groups is 1. The summed E-state index contributed by atoms with van der Waals surface area (Å²) in [6.07, 6.45) is 5.15. The van der Waals surface area contributed by atoms with Crippen molar-refractivity contribution in [1.82, 2.24) is 5.32 Å². The van der Waals surface area contributed by atoms with Crippen LogP contribution in [0.1, 0.15) is 39.0 Å². The van der Waals surface area contributed by atoms with Crippen molar-refractivity contribution >= 4 is 0 Å². The fourth-order valence-corrected chi connectivity index (χ4v) is 1.17. The predicted octanol–water partition coefficient (Wildman–Crippen LogP) is 1.43. The number of nitriles is 1. The van der Waals surface area contributed by atoms with Crippen LogP contribution >= 0.6 is 0 Å². The van der Waals surface area contributed by atoms with Crippen LogP contribution in [0.25, 0.3) is 0 Å². The van der Waals surface area contributed by atoms with Gasteiger partial charge in [0.05, 0.1) is 12.1 Å². The molecular formula is C10H20N2O. The molecule has 0 aromatic carbocycles. The Kier molecular flexibility index (Phi) is 9.07. The van der Waals surface area contributed by atoms with E-state index in [4.69, 9.17) is 10.4 Å². The van der Waals surface area contributed by atoms with Gasteiger partial charge in [-0.2, -0.15) is 5.26 Å². The van der Waals surface area contributed by atoms with E-state index in [0.29, 0.717) is 0 Å². The van der Waals surface area contributed by atoms with Crippen LogP contribution in [0.3, 0.4) is 0 Å². The lowest BCUT2D eigenvalue weighted by atomic mass is 10.1. The van der Waals surface area contributed by atoms with Gasteiger partial charge in [0, 0.05) is 6.61 Å². The molecule has 0 spiro atoms. The Morgan fingerprint density at radius 2 is 2.15 bits per heavy atom. The van der Waals surface area contributed by atoms with Crippen LogP contribution in [0.4, 0.5) is 0 Å². The summed E-state index contributed by atoms with van der Waals surface area (Å²) in [7, 11) is 0. The standard InChI is InChI=1S/C10H20N2O/c1-2-3-4-6-10(9-11)12-7-5-8-13/h10,12-13H,2-8H2,1H3. The molecule has 0 aromatic heterocycles. The summed E-state index contributed by atoms with van der Waals surface area (Å²) >= 11 is 0. The molecule has 1 atom stereocenters. The lowest BCUT2D eigenvalue weighted by Gasteiger charge is -2.09. The second-order valence-corrected chi connectivity index (χ2v) is 3.21. The van der Waals surface area contributed by atoms with Crippen molar-refractivity contribution in [2.24, 2.45) is 0 Å². The van der Waals surface area contributed by atoms with E-state index in [2.05, 4.69) is 18.3 Å². The zero-order valence-electron chi connectivity index (χ0n) is 8.42. The zero-order chi connectivity index (χ0) is 9.94. The minimum Gasteiger partial charge on any atom is -0.396 e.